The van der Waals surface area contributed by atoms with E-state index >= 15 is 0 Å². The van der Waals surface area contributed by atoms with E-state index in [4.69, 9.17) is 0 Å². The molecule has 2 fully saturated rings. The van der Waals surface area contributed by atoms with Gasteiger partial charge in [0.2, 0.25) is 0 Å². The number of piperazine rings is 1. The summed E-state index contributed by atoms with van der Waals surface area (Å²) in [5, 5.41) is 3.83. The third-order valence-electron chi connectivity index (χ3n) is 5.47. The lowest BCUT2D eigenvalue weighted by Crippen LogP contribution is -2.60. The SMILES string of the molecule is CCCNC1CCC(C)(C)CC1N1CCN(C)C(C)C1. The van der Waals surface area contributed by atoms with Gasteiger partial charge in [0, 0.05) is 37.8 Å². The Bertz CT molecular complexity index is 303. The summed E-state index contributed by atoms with van der Waals surface area (Å²) in [6, 6.07) is 2.14. The van der Waals surface area contributed by atoms with E-state index in [0.29, 0.717) is 17.5 Å². The van der Waals surface area contributed by atoms with Gasteiger partial charge in [-0.2, -0.15) is 0 Å². The first-order valence-electron chi connectivity index (χ1n) is 8.60. The van der Waals surface area contributed by atoms with Crippen LogP contribution in [-0.2, 0) is 0 Å². The average Bonchev–Trinajstić information content (AvgIpc) is 2.40. The number of hydrogen-bond donors (Lipinski definition) is 1. The summed E-state index contributed by atoms with van der Waals surface area (Å²) in [5.74, 6) is 0. The first-order chi connectivity index (χ1) is 9.43. The molecule has 0 aromatic heterocycles. The maximum atomic E-state index is 3.83. The van der Waals surface area contributed by atoms with E-state index in [2.05, 4.69) is 49.9 Å². The summed E-state index contributed by atoms with van der Waals surface area (Å²) in [5.41, 5.74) is 0.516. The van der Waals surface area contributed by atoms with Gasteiger partial charge in [0.15, 0.2) is 0 Å². The summed E-state index contributed by atoms with van der Waals surface area (Å²) in [4.78, 5) is 5.28. The molecule has 0 bridgehead atoms. The lowest BCUT2D eigenvalue weighted by atomic mass is 9.72. The number of rotatable bonds is 4. The maximum Gasteiger partial charge on any atom is 0.0255 e. The van der Waals surface area contributed by atoms with Crippen molar-refractivity contribution in [1.82, 2.24) is 15.1 Å². The van der Waals surface area contributed by atoms with Crippen molar-refractivity contribution >= 4 is 0 Å². The zero-order valence-corrected chi connectivity index (χ0v) is 14.3. The lowest BCUT2D eigenvalue weighted by Gasteiger charge is -2.49. The Hall–Kier alpha value is -0.120. The molecule has 3 unspecified atom stereocenters. The van der Waals surface area contributed by atoms with E-state index in [0.717, 1.165) is 6.04 Å². The van der Waals surface area contributed by atoms with Crippen molar-refractivity contribution in [3.8, 4) is 0 Å². The number of hydrogen-bond acceptors (Lipinski definition) is 3. The molecule has 1 heterocycles. The lowest BCUT2D eigenvalue weighted by molar-refractivity contribution is 0.0153. The smallest absolute Gasteiger partial charge is 0.0255 e. The van der Waals surface area contributed by atoms with Crippen LogP contribution in [0.25, 0.3) is 0 Å². The summed E-state index contributed by atoms with van der Waals surface area (Å²) in [7, 11) is 2.26. The first-order valence-corrected chi connectivity index (χ1v) is 8.60. The molecule has 1 saturated carbocycles. The Balaban J connectivity index is 2.02. The molecule has 1 aliphatic heterocycles. The van der Waals surface area contributed by atoms with Gasteiger partial charge in [-0.05, 0) is 51.6 Å². The molecule has 0 radical (unpaired) electrons. The molecule has 1 N–H and O–H groups in total. The van der Waals surface area contributed by atoms with E-state index in [1.54, 1.807) is 0 Å². The summed E-state index contributed by atoms with van der Waals surface area (Å²) < 4.78 is 0. The van der Waals surface area contributed by atoms with Crippen molar-refractivity contribution in [3.63, 3.8) is 0 Å². The number of likely N-dealkylation sites (N-methyl/N-ethyl adjacent to an activating group) is 1. The van der Waals surface area contributed by atoms with E-state index in [9.17, 15) is 0 Å². The van der Waals surface area contributed by atoms with Crippen molar-refractivity contribution in [3.05, 3.63) is 0 Å². The van der Waals surface area contributed by atoms with E-state index < -0.39 is 0 Å². The molecule has 2 aliphatic rings. The predicted molar refractivity (Wildman–Crippen MR) is 87.2 cm³/mol. The van der Waals surface area contributed by atoms with E-state index in [1.165, 1.54) is 51.9 Å². The maximum absolute atomic E-state index is 3.83. The second-order valence-electron chi connectivity index (χ2n) is 7.86. The molecule has 0 aromatic carbocycles. The summed E-state index contributed by atoms with van der Waals surface area (Å²) in [6.45, 7) is 14.4. The molecule has 0 amide bonds. The molecule has 3 atom stereocenters. The summed E-state index contributed by atoms with van der Waals surface area (Å²) >= 11 is 0. The normalized spacial score (nSPS) is 36.1. The third-order valence-corrected chi connectivity index (χ3v) is 5.47. The molecule has 3 heteroatoms. The molecule has 0 spiro atoms. The molecule has 3 nitrogen and oxygen atoms in total. The van der Waals surface area contributed by atoms with Crippen molar-refractivity contribution < 1.29 is 0 Å². The van der Waals surface area contributed by atoms with Crippen LogP contribution in [0.5, 0.6) is 0 Å². The van der Waals surface area contributed by atoms with Gasteiger partial charge in [0.25, 0.3) is 0 Å². The fourth-order valence-corrected chi connectivity index (χ4v) is 3.88. The third kappa shape index (κ3) is 3.96. The Morgan fingerprint density at radius 1 is 1.25 bits per heavy atom. The Morgan fingerprint density at radius 3 is 2.65 bits per heavy atom. The van der Waals surface area contributed by atoms with Gasteiger partial charge in [-0.3, -0.25) is 4.90 Å². The topological polar surface area (TPSA) is 18.5 Å². The largest absolute Gasteiger partial charge is 0.312 e. The highest BCUT2D eigenvalue weighted by molar-refractivity contribution is 4.96. The fraction of sp³-hybridized carbons (Fsp3) is 1.00. The van der Waals surface area contributed by atoms with Crippen LogP contribution in [0.1, 0.15) is 53.4 Å². The van der Waals surface area contributed by atoms with E-state index in [-0.39, 0.29) is 0 Å². The van der Waals surface area contributed by atoms with Gasteiger partial charge >= 0.3 is 0 Å². The molecule has 1 aliphatic carbocycles. The van der Waals surface area contributed by atoms with Crippen molar-refractivity contribution in [1.29, 1.82) is 0 Å². The second kappa shape index (κ2) is 6.76. The molecule has 20 heavy (non-hydrogen) atoms. The minimum atomic E-state index is 0.516. The average molecular weight is 281 g/mol. The second-order valence-corrected chi connectivity index (χ2v) is 7.86. The molecule has 0 aromatic rings. The number of nitrogens with one attached hydrogen (secondary N) is 1. The van der Waals surface area contributed by atoms with Crippen LogP contribution in [0.3, 0.4) is 0 Å². The highest BCUT2D eigenvalue weighted by atomic mass is 15.3. The van der Waals surface area contributed by atoms with Crippen molar-refractivity contribution in [2.75, 3.05) is 33.2 Å². The summed E-state index contributed by atoms with van der Waals surface area (Å²) in [6.07, 6.45) is 5.31. The van der Waals surface area contributed by atoms with Gasteiger partial charge in [0.1, 0.15) is 0 Å². The highest BCUT2D eigenvalue weighted by Crippen LogP contribution is 2.38. The van der Waals surface area contributed by atoms with E-state index in [1.807, 2.05) is 0 Å². The Kier molecular flexibility index (Phi) is 5.49. The monoisotopic (exact) mass is 281 g/mol. The molecule has 2 rings (SSSR count). The van der Waals surface area contributed by atoms with Gasteiger partial charge in [-0.1, -0.05) is 20.8 Å². The minimum absolute atomic E-state index is 0.516. The van der Waals surface area contributed by atoms with Crippen LogP contribution in [0.2, 0.25) is 0 Å². The van der Waals surface area contributed by atoms with Crippen LogP contribution in [0.4, 0.5) is 0 Å². The van der Waals surface area contributed by atoms with Crippen LogP contribution >= 0.6 is 0 Å². The van der Waals surface area contributed by atoms with Crippen LogP contribution in [-0.4, -0.2) is 61.2 Å². The minimum Gasteiger partial charge on any atom is -0.312 e. The van der Waals surface area contributed by atoms with Gasteiger partial charge in [-0.25, -0.2) is 0 Å². The van der Waals surface area contributed by atoms with Crippen LogP contribution in [0.15, 0.2) is 0 Å². The standard InChI is InChI=1S/C17H35N3/c1-6-9-18-15-7-8-17(3,4)12-16(15)20-11-10-19(5)14(2)13-20/h14-16,18H,6-13H2,1-5H3. The van der Waals surface area contributed by atoms with Crippen LogP contribution in [0, 0.1) is 5.41 Å². The van der Waals surface area contributed by atoms with Gasteiger partial charge in [0.05, 0.1) is 0 Å². The highest BCUT2D eigenvalue weighted by Gasteiger charge is 2.39. The van der Waals surface area contributed by atoms with Crippen molar-refractivity contribution in [2.24, 2.45) is 5.41 Å². The first kappa shape index (κ1) is 16.3. The quantitative estimate of drug-likeness (QED) is 0.854. The zero-order valence-electron chi connectivity index (χ0n) is 14.3. The predicted octanol–water partition coefficient (Wildman–Crippen LogP) is 2.57. The fourth-order valence-electron chi connectivity index (χ4n) is 3.88. The Morgan fingerprint density at radius 2 is 2.00 bits per heavy atom. The molecule has 1 saturated heterocycles. The Labute approximate surface area is 126 Å². The number of nitrogens with zero attached hydrogens (tertiary/aromatic N) is 2. The molecular weight excluding hydrogens is 246 g/mol. The zero-order chi connectivity index (χ0) is 14.8. The molecular formula is C17H35N3. The van der Waals surface area contributed by atoms with Crippen LogP contribution < -0.4 is 5.32 Å². The van der Waals surface area contributed by atoms with Gasteiger partial charge < -0.3 is 10.2 Å². The van der Waals surface area contributed by atoms with Crippen molar-refractivity contribution in [2.45, 2.75) is 71.5 Å². The van der Waals surface area contributed by atoms with Gasteiger partial charge in [-0.15, -0.1) is 0 Å². The molecule has 118 valence electrons.